The fourth-order valence-corrected chi connectivity index (χ4v) is 3.89. The van der Waals surface area contributed by atoms with E-state index in [1.54, 1.807) is 0 Å². The molecule has 0 saturated carbocycles. The van der Waals surface area contributed by atoms with Gasteiger partial charge in [-0.3, -0.25) is 0 Å². The molecule has 4 heteroatoms. The molecular formula is C20H20IN3. The van der Waals surface area contributed by atoms with E-state index < -0.39 is 0 Å². The van der Waals surface area contributed by atoms with Gasteiger partial charge in [0.1, 0.15) is 5.82 Å². The smallest absolute Gasteiger partial charge is 0.133 e. The van der Waals surface area contributed by atoms with E-state index in [9.17, 15) is 0 Å². The van der Waals surface area contributed by atoms with Gasteiger partial charge < -0.3 is 5.32 Å². The van der Waals surface area contributed by atoms with E-state index in [0.717, 1.165) is 30.2 Å². The van der Waals surface area contributed by atoms with Crippen molar-refractivity contribution in [3.05, 3.63) is 63.2 Å². The highest BCUT2D eigenvalue weighted by molar-refractivity contribution is 14.1. The van der Waals surface area contributed by atoms with Crippen LogP contribution in [0, 0.1) is 10.5 Å². The Kier molecular flexibility index (Phi) is 4.31. The summed E-state index contributed by atoms with van der Waals surface area (Å²) >= 11 is 2.41. The van der Waals surface area contributed by atoms with Crippen molar-refractivity contribution in [1.29, 1.82) is 0 Å². The van der Waals surface area contributed by atoms with E-state index in [-0.39, 0.29) is 0 Å². The number of halogens is 1. The van der Waals surface area contributed by atoms with Crippen molar-refractivity contribution < 1.29 is 0 Å². The molecule has 0 fully saturated rings. The Hall–Kier alpha value is -1.82. The summed E-state index contributed by atoms with van der Waals surface area (Å²) in [6, 6.07) is 17.1. The monoisotopic (exact) mass is 429 g/mol. The van der Waals surface area contributed by atoms with Gasteiger partial charge in [0.05, 0.1) is 11.4 Å². The van der Waals surface area contributed by atoms with Crippen LogP contribution in [0.1, 0.15) is 24.0 Å². The van der Waals surface area contributed by atoms with Gasteiger partial charge in [0, 0.05) is 21.2 Å². The van der Waals surface area contributed by atoms with Gasteiger partial charge >= 0.3 is 0 Å². The third-order valence-electron chi connectivity index (χ3n) is 4.54. The molecule has 3 nitrogen and oxygen atoms in total. The molecule has 0 bridgehead atoms. The highest BCUT2D eigenvalue weighted by Gasteiger charge is 2.22. The average Bonchev–Trinajstić information content (AvgIpc) is 2.78. The van der Waals surface area contributed by atoms with Crippen LogP contribution in [-0.2, 0) is 6.42 Å². The van der Waals surface area contributed by atoms with Crippen LogP contribution in [0.2, 0.25) is 0 Å². The summed E-state index contributed by atoms with van der Waals surface area (Å²) in [4.78, 5) is 0. The quantitative estimate of drug-likeness (QED) is 0.568. The minimum atomic E-state index is 1.01. The number of fused-ring (bicyclic) bond motifs is 1. The zero-order valence-corrected chi connectivity index (χ0v) is 15.9. The van der Waals surface area contributed by atoms with Gasteiger partial charge in [-0.1, -0.05) is 35.9 Å². The number of nitrogens with one attached hydrogen (secondary N) is 1. The van der Waals surface area contributed by atoms with Crippen LogP contribution in [0.3, 0.4) is 0 Å². The maximum atomic E-state index is 5.01. The second-order valence-electron chi connectivity index (χ2n) is 6.29. The van der Waals surface area contributed by atoms with Gasteiger partial charge in [0.2, 0.25) is 0 Å². The summed E-state index contributed by atoms with van der Waals surface area (Å²) in [5.74, 6) is 1.16. The second kappa shape index (κ2) is 6.59. The number of rotatable bonds is 2. The molecule has 1 aliphatic heterocycles. The molecular weight excluding hydrogens is 409 g/mol. The first-order valence-corrected chi connectivity index (χ1v) is 9.49. The van der Waals surface area contributed by atoms with Crippen molar-refractivity contribution in [2.75, 3.05) is 11.9 Å². The Labute approximate surface area is 156 Å². The third-order valence-corrected chi connectivity index (χ3v) is 5.48. The lowest BCUT2D eigenvalue weighted by Crippen LogP contribution is -2.07. The fraction of sp³-hybridized carbons (Fsp3) is 0.250. The standard InChI is InChI=1S/C20H20IN3/c1-14-9-11-15(12-10-14)24-20-17(7-4-5-13-22-20)19(23-24)16-6-2-3-8-18(16)21/h2-3,6,8-12,22H,4-5,7,13H2,1H3. The molecule has 0 unspecified atom stereocenters. The van der Waals surface area contributed by atoms with E-state index in [1.165, 1.54) is 33.1 Å². The van der Waals surface area contributed by atoms with Crippen molar-refractivity contribution in [2.24, 2.45) is 0 Å². The van der Waals surface area contributed by atoms with Gasteiger partial charge in [-0.05, 0) is 67.0 Å². The van der Waals surface area contributed by atoms with Crippen molar-refractivity contribution in [3.63, 3.8) is 0 Å². The average molecular weight is 429 g/mol. The van der Waals surface area contributed by atoms with Gasteiger partial charge in [0.25, 0.3) is 0 Å². The molecule has 24 heavy (non-hydrogen) atoms. The van der Waals surface area contributed by atoms with Crippen molar-refractivity contribution in [2.45, 2.75) is 26.2 Å². The predicted molar refractivity (Wildman–Crippen MR) is 108 cm³/mol. The molecule has 4 rings (SSSR count). The number of aromatic nitrogens is 2. The first kappa shape index (κ1) is 15.7. The minimum absolute atomic E-state index is 1.01. The first-order valence-electron chi connectivity index (χ1n) is 8.42. The number of aryl methyl sites for hydroxylation is 1. The van der Waals surface area contributed by atoms with E-state index in [0.29, 0.717) is 0 Å². The molecule has 0 saturated heterocycles. The number of benzene rings is 2. The Balaban J connectivity index is 1.92. The van der Waals surface area contributed by atoms with E-state index in [2.05, 4.69) is 88.0 Å². The molecule has 1 aromatic heterocycles. The number of hydrogen-bond acceptors (Lipinski definition) is 2. The highest BCUT2D eigenvalue weighted by atomic mass is 127. The zero-order chi connectivity index (χ0) is 16.5. The molecule has 0 aliphatic carbocycles. The SMILES string of the molecule is Cc1ccc(-n2nc(-c3ccccc3I)c3c2NCCCC3)cc1. The van der Waals surface area contributed by atoms with Crippen LogP contribution in [-0.4, -0.2) is 16.3 Å². The molecule has 0 atom stereocenters. The maximum Gasteiger partial charge on any atom is 0.133 e. The Morgan fingerprint density at radius 1 is 1.04 bits per heavy atom. The Morgan fingerprint density at radius 2 is 1.83 bits per heavy atom. The van der Waals surface area contributed by atoms with Crippen LogP contribution in [0.25, 0.3) is 16.9 Å². The normalized spacial score (nSPS) is 13.9. The molecule has 3 aromatic rings. The van der Waals surface area contributed by atoms with Crippen LogP contribution in [0.5, 0.6) is 0 Å². The zero-order valence-electron chi connectivity index (χ0n) is 13.7. The predicted octanol–water partition coefficient (Wildman–Crippen LogP) is 5.20. The van der Waals surface area contributed by atoms with Crippen molar-refractivity contribution in [1.82, 2.24) is 9.78 Å². The molecule has 1 N–H and O–H groups in total. The summed E-state index contributed by atoms with van der Waals surface area (Å²) in [5, 5.41) is 8.63. The molecule has 0 radical (unpaired) electrons. The number of hydrogen-bond donors (Lipinski definition) is 1. The summed E-state index contributed by atoms with van der Waals surface area (Å²) in [6.45, 7) is 3.12. The highest BCUT2D eigenvalue weighted by Crippen LogP contribution is 2.35. The van der Waals surface area contributed by atoms with Crippen molar-refractivity contribution in [3.8, 4) is 16.9 Å². The second-order valence-corrected chi connectivity index (χ2v) is 7.45. The topological polar surface area (TPSA) is 29.9 Å². The van der Waals surface area contributed by atoms with E-state index in [1.807, 2.05) is 0 Å². The van der Waals surface area contributed by atoms with Gasteiger partial charge in [-0.2, -0.15) is 5.10 Å². The van der Waals surface area contributed by atoms with E-state index >= 15 is 0 Å². The number of anilines is 1. The molecule has 1 aliphatic rings. The third kappa shape index (κ3) is 2.83. The summed E-state index contributed by atoms with van der Waals surface area (Å²) < 4.78 is 3.33. The Morgan fingerprint density at radius 3 is 2.62 bits per heavy atom. The lowest BCUT2D eigenvalue weighted by atomic mass is 10.0. The van der Waals surface area contributed by atoms with Gasteiger partial charge in [0.15, 0.2) is 0 Å². The van der Waals surface area contributed by atoms with Crippen molar-refractivity contribution >= 4 is 28.4 Å². The van der Waals surface area contributed by atoms with Gasteiger partial charge in [-0.15, -0.1) is 0 Å². The number of nitrogens with zero attached hydrogens (tertiary/aromatic N) is 2. The fourth-order valence-electron chi connectivity index (χ4n) is 3.24. The molecule has 2 aromatic carbocycles. The lowest BCUT2D eigenvalue weighted by molar-refractivity contribution is 0.780. The van der Waals surface area contributed by atoms with Crippen LogP contribution in [0.4, 0.5) is 5.82 Å². The Bertz CT molecular complexity index is 865. The maximum absolute atomic E-state index is 5.01. The summed E-state index contributed by atoms with van der Waals surface area (Å²) in [6.07, 6.45) is 3.48. The first-order chi connectivity index (χ1) is 11.7. The van der Waals surface area contributed by atoms with E-state index in [4.69, 9.17) is 5.10 Å². The molecule has 122 valence electrons. The summed E-state index contributed by atoms with van der Waals surface area (Å²) in [5.41, 5.74) is 6.07. The lowest BCUT2D eigenvalue weighted by Gasteiger charge is -2.09. The largest absolute Gasteiger partial charge is 0.370 e. The van der Waals surface area contributed by atoms with Crippen LogP contribution in [0.15, 0.2) is 48.5 Å². The summed E-state index contributed by atoms with van der Waals surface area (Å²) in [7, 11) is 0. The van der Waals surface area contributed by atoms with Crippen LogP contribution < -0.4 is 5.32 Å². The van der Waals surface area contributed by atoms with Gasteiger partial charge in [-0.25, -0.2) is 4.68 Å². The van der Waals surface area contributed by atoms with Crippen LogP contribution >= 0.6 is 22.6 Å². The molecule has 0 spiro atoms. The molecule has 2 heterocycles. The minimum Gasteiger partial charge on any atom is -0.370 e. The molecule has 0 amide bonds.